The lowest BCUT2D eigenvalue weighted by atomic mass is 10.2. The first kappa shape index (κ1) is 12.5. The summed E-state index contributed by atoms with van der Waals surface area (Å²) in [6.45, 7) is 5.77. The SMILES string of the molecule is C=CC1=C(c2cc3c(Cl)cccc3s2)N2CCN=C2S1. The van der Waals surface area contributed by atoms with Gasteiger partial charge >= 0.3 is 0 Å². The molecule has 1 aromatic heterocycles. The summed E-state index contributed by atoms with van der Waals surface area (Å²) < 4.78 is 1.22. The lowest BCUT2D eigenvalue weighted by molar-refractivity contribution is 0.650. The number of fused-ring (bicyclic) bond motifs is 2. The number of amidine groups is 1. The van der Waals surface area contributed by atoms with Crippen molar-refractivity contribution < 1.29 is 0 Å². The van der Waals surface area contributed by atoms with Gasteiger partial charge in [0.1, 0.15) is 0 Å². The van der Waals surface area contributed by atoms with E-state index < -0.39 is 0 Å². The number of nitrogens with zero attached hydrogens (tertiary/aromatic N) is 2. The Kier molecular flexibility index (Phi) is 2.91. The summed E-state index contributed by atoms with van der Waals surface area (Å²) in [5.41, 5.74) is 1.23. The van der Waals surface area contributed by atoms with E-state index in [1.54, 1.807) is 23.1 Å². The summed E-state index contributed by atoms with van der Waals surface area (Å²) in [5, 5.41) is 3.03. The molecule has 0 fully saturated rings. The van der Waals surface area contributed by atoms with Crippen LogP contribution in [0.4, 0.5) is 0 Å². The van der Waals surface area contributed by atoms with Crippen LogP contribution < -0.4 is 0 Å². The number of benzene rings is 1. The smallest absolute Gasteiger partial charge is 0.168 e. The second-order valence-electron chi connectivity index (χ2n) is 4.60. The zero-order valence-electron chi connectivity index (χ0n) is 10.6. The van der Waals surface area contributed by atoms with Gasteiger partial charge in [-0.3, -0.25) is 4.99 Å². The van der Waals surface area contributed by atoms with Gasteiger partial charge < -0.3 is 4.90 Å². The third-order valence-corrected chi connectivity index (χ3v) is 5.98. The Morgan fingerprint density at radius 2 is 2.30 bits per heavy atom. The molecule has 4 rings (SSSR count). The zero-order chi connectivity index (χ0) is 13.7. The standard InChI is InChI=1S/C15H11ClN2S2/c1-2-11-14(18-7-6-17-15(18)20-11)13-8-9-10(16)4-3-5-12(9)19-13/h2-5,8H,1,6-7H2. The van der Waals surface area contributed by atoms with Crippen LogP contribution in [0.2, 0.25) is 5.02 Å². The van der Waals surface area contributed by atoms with Crippen molar-refractivity contribution in [2.75, 3.05) is 13.1 Å². The van der Waals surface area contributed by atoms with Crippen LogP contribution >= 0.6 is 34.7 Å². The second kappa shape index (κ2) is 4.65. The summed E-state index contributed by atoms with van der Waals surface area (Å²) >= 11 is 9.77. The Hall–Kier alpha value is -1.23. The highest BCUT2D eigenvalue weighted by atomic mass is 35.5. The molecule has 0 amide bonds. The number of aliphatic imine (C=N–C) groups is 1. The van der Waals surface area contributed by atoms with Crippen molar-refractivity contribution in [2.24, 2.45) is 4.99 Å². The highest BCUT2D eigenvalue weighted by Gasteiger charge is 2.32. The van der Waals surface area contributed by atoms with Crippen molar-refractivity contribution in [3.8, 4) is 0 Å². The molecule has 1 aromatic carbocycles. The number of allylic oxidation sites excluding steroid dienone is 1. The van der Waals surface area contributed by atoms with Crippen LogP contribution in [-0.2, 0) is 0 Å². The van der Waals surface area contributed by atoms with E-state index >= 15 is 0 Å². The molecule has 0 N–H and O–H groups in total. The molecule has 0 unspecified atom stereocenters. The van der Waals surface area contributed by atoms with Crippen LogP contribution in [0.5, 0.6) is 0 Å². The average Bonchev–Trinajstić information content (AvgIpc) is 3.10. The normalized spacial score (nSPS) is 17.9. The summed E-state index contributed by atoms with van der Waals surface area (Å²) in [6.07, 6.45) is 1.92. The van der Waals surface area contributed by atoms with Gasteiger partial charge in [0.05, 0.1) is 17.1 Å². The lowest BCUT2D eigenvalue weighted by Crippen LogP contribution is -2.19. The molecular weight excluding hydrogens is 308 g/mol. The molecule has 5 heteroatoms. The quantitative estimate of drug-likeness (QED) is 0.788. The van der Waals surface area contributed by atoms with Crippen LogP contribution in [0, 0.1) is 0 Å². The molecule has 0 aliphatic carbocycles. The van der Waals surface area contributed by atoms with Crippen molar-refractivity contribution in [2.45, 2.75) is 0 Å². The van der Waals surface area contributed by atoms with Crippen LogP contribution in [0.3, 0.4) is 0 Å². The topological polar surface area (TPSA) is 15.6 Å². The monoisotopic (exact) mass is 318 g/mol. The van der Waals surface area contributed by atoms with Crippen LogP contribution in [0.15, 0.2) is 46.8 Å². The Morgan fingerprint density at radius 1 is 1.40 bits per heavy atom. The molecule has 2 aliphatic heterocycles. The van der Waals surface area contributed by atoms with E-state index in [1.807, 2.05) is 18.2 Å². The molecule has 2 nitrogen and oxygen atoms in total. The zero-order valence-corrected chi connectivity index (χ0v) is 13.0. The summed E-state index contributed by atoms with van der Waals surface area (Å²) in [6, 6.07) is 8.24. The maximum atomic E-state index is 6.29. The molecule has 0 saturated heterocycles. The van der Waals surface area contributed by atoms with E-state index in [0.717, 1.165) is 28.7 Å². The summed E-state index contributed by atoms with van der Waals surface area (Å²) in [5.74, 6) is 0. The largest absolute Gasteiger partial charge is 0.317 e. The van der Waals surface area contributed by atoms with Crippen molar-refractivity contribution in [1.82, 2.24) is 4.90 Å². The number of halogens is 1. The maximum Gasteiger partial charge on any atom is 0.168 e. The lowest BCUT2D eigenvalue weighted by Gasteiger charge is -2.15. The molecule has 3 heterocycles. The molecule has 0 spiro atoms. The molecule has 2 aromatic rings. The van der Waals surface area contributed by atoms with E-state index in [-0.39, 0.29) is 0 Å². The Bertz CT molecular complexity index is 788. The predicted octanol–water partition coefficient (Wildman–Crippen LogP) is 4.83. The van der Waals surface area contributed by atoms with Crippen LogP contribution in [0.1, 0.15) is 4.88 Å². The van der Waals surface area contributed by atoms with E-state index in [4.69, 9.17) is 11.6 Å². The number of hydrogen-bond acceptors (Lipinski definition) is 4. The minimum Gasteiger partial charge on any atom is -0.317 e. The Morgan fingerprint density at radius 3 is 3.10 bits per heavy atom. The fourth-order valence-electron chi connectivity index (χ4n) is 2.54. The molecule has 0 radical (unpaired) electrons. The first-order valence-corrected chi connectivity index (χ1v) is 8.34. The average molecular weight is 319 g/mol. The predicted molar refractivity (Wildman–Crippen MR) is 90.6 cm³/mol. The van der Waals surface area contributed by atoms with Gasteiger partial charge in [0, 0.05) is 26.6 Å². The first-order chi connectivity index (χ1) is 9.78. The number of hydrogen-bond donors (Lipinski definition) is 0. The van der Waals surface area contributed by atoms with E-state index in [9.17, 15) is 0 Å². The molecule has 0 bridgehead atoms. The molecule has 0 saturated carbocycles. The van der Waals surface area contributed by atoms with Gasteiger partial charge in [0.2, 0.25) is 0 Å². The van der Waals surface area contributed by atoms with Crippen LogP contribution in [0.25, 0.3) is 15.8 Å². The van der Waals surface area contributed by atoms with Gasteiger partial charge in [-0.15, -0.1) is 11.3 Å². The minimum atomic E-state index is 0.812. The summed E-state index contributed by atoms with van der Waals surface area (Å²) in [7, 11) is 0. The van der Waals surface area contributed by atoms with E-state index in [1.165, 1.54) is 20.2 Å². The van der Waals surface area contributed by atoms with Crippen molar-refractivity contribution in [1.29, 1.82) is 0 Å². The first-order valence-electron chi connectivity index (χ1n) is 6.33. The van der Waals surface area contributed by atoms with Gasteiger partial charge in [-0.2, -0.15) is 0 Å². The Balaban J connectivity index is 1.91. The number of thioether (sulfide) groups is 1. The fraction of sp³-hybridized carbons (Fsp3) is 0.133. The molecular formula is C15H11ClN2S2. The van der Waals surface area contributed by atoms with Gasteiger partial charge in [0.15, 0.2) is 5.17 Å². The second-order valence-corrected chi connectivity index (χ2v) is 7.10. The van der Waals surface area contributed by atoms with Gasteiger partial charge in [0.25, 0.3) is 0 Å². The third-order valence-electron chi connectivity index (χ3n) is 3.43. The highest BCUT2D eigenvalue weighted by molar-refractivity contribution is 8.17. The third kappa shape index (κ3) is 1.75. The number of thiophene rings is 1. The minimum absolute atomic E-state index is 0.812. The van der Waals surface area contributed by atoms with Crippen molar-refractivity contribution in [3.05, 3.63) is 51.7 Å². The fourth-order valence-corrected chi connectivity index (χ4v) is 5.09. The van der Waals surface area contributed by atoms with Crippen molar-refractivity contribution >= 4 is 55.7 Å². The van der Waals surface area contributed by atoms with E-state index in [0.29, 0.717) is 0 Å². The number of rotatable bonds is 2. The van der Waals surface area contributed by atoms with Crippen molar-refractivity contribution in [3.63, 3.8) is 0 Å². The molecule has 100 valence electrons. The van der Waals surface area contributed by atoms with Gasteiger partial charge in [-0.1, -0.05) is 30.3 Å². The van der Waals surface area contributed by atoms with Crippen LogP contribution in [-0.4, -0.2) is 23.2 Å². The molecule has 20 heavy (non-hydrogen) atoms. The Labute approximate surface area is 130 Å². The highest BCUT2D eigenvalue weighted by Crippen LogP contribution is 2.45. The van der Waals surface area contributed by atoms with E-state index in [2.05, 4.69) is 28.6 Å². The molecule has 2 aliphatic rings. The molecule has 0 atom stereocenters. The van der Waals surface area contributed by atoms with Gasteiger partial charge in [-0.05, 0) is 30.0 Å². The maximum absolute atomic E-state index is 6.29. The van der Waals surface area contributed by atoms with Gasteiger partial charge in [-0.25, -0.2) is 0 Å². The summed E-state index contributed by atoms with van der Waals surface area (Å²) in [4.78, 5) is 9.25.